The highest BCUT2D eigenvalue weighted by atomic mass is 35.5. The molecular formula is C20H44ClNO. The normalized spacial score (nSPS) is 14.1. The first-order valence-electron chi connectivity index (χ1n) is 10.2. The van der Waals surface area contributed by atoms with Crippen LogP contribution in [0.25, 0.3) is 0 Å². The van der Waals surface area contributed by atoms with Crippen molar-refractivity contribution in [2.45, 2.75) is 91.9 Å². The minimum absolute atomic E-state index is 0. The largest absolute Gasteiger partial charge is 1.00 e. The second-order valence-corrected chi connectivity index (χ2v) is 6.97. The van der Waals surface area contributed by atoms with E-state index in [0.29, 0.717) is 0 Å². The van der Waals surface area contributed by atoms with Crippen LogP contribution in [-0.4, -0.2) is 43.9 Å². The summed E-state index contributed by atoms with van der Waals surface area (Å²) in [5.41, 5.74) is 0. The van der Waals surface area contributed by atoms with Crippen LogP contribution in [0.15, 0.2) is 0 Å². The first-order chi connectivity index (χ1) is 10.7. The molecule has 0 aromatic carbocycles. The van der Waals surface area contributed by atoms with Crippen molar-refractivity contribution in [3.05, 3.63) is 0 Å². The van der Waals surface area contributed by atoms with Crippen LogP contribution >= 0.6 is 0 Å². The molecule has 1 rings (SSSR count). The van der Waals surface area contributed by atoms with Crippen molar-refractivity contribution in [1.82, 2.24) is 0 Å². The summed E-state index contributed by atoms with van der Waals surface area (Å²) in [6.07, 6.45) is 13.6. The lowest BCUT2D eigenvalue weighted by Gasteiger charge is -2.39. The summed E-state index contributed by atoms with van der Waals surface area (Å²) in [4.78, 5) is 0. The van der Waals surface area contributed by atoms with Crippen molar-refractivity contribution < 1.29 is 21.6 Å². The van der Waals surface area contributed by atoms with E-state index in [4.69, 9.17) is 4.74 Å². The topological polar surface area (TPSA) is 9.23 Å². The van der Waals surface area contributed by atoms with E-state index < -0.39 is 0 Å². The molecule has 23 heavy (non-hydrogen) atoms. The molecule has 0 bridgehead atoms. The van der Waals surface area contributed by atoms with Gasteiger partial charge >= 0.3 is 0 Å². The number of nitrogens with zero attached hydrogens (tertiary/aromatic N) is 1. The fourth-order valence-electron chi connectivity index (χ4n) is 3.16. The van der Waals surface area contributed by atoms with E-state index in [1.54, 1.807) is 0 Å². The van der Waals surface area contributed by atoms with Gasteiger partial charge in [0.2, 0.25) is 0 Å². The molecule has 1 fully saturated rings. The van der Waals surface area contributed by atoms with Crippen LogP contribution in [0.4, 0.5) is 0 Å². The van der Waals surface area contributed by atoms with Crippen molar-refractivity contribution in [3.63, 3.8) is 0 Å². The third-order valence-electron chi connectivity index (χ3n) is 4.77. The fraction of sp³-hybridized carbons (Fsp3) is 1.00. The van der Waals surface area contributed by atoms with Gasteiger partial charge < -0.3 is 21.6 Å². The summed E-state index contributed by atoms with van der Waals surface area (Å²) in [5.74, 6) is 0. The molecule has 0 aromatic rings. The van der Waals surface area contributed by atoms with E-state index in [9.17, 15) is 0 Å². The predicted octanol–water partition coefficient (Wildman–Crippen LogP) is 2.80. The lowest BCUT2D eigenvalue weighted by Crippen LogP contribution is -3.00. The Morgan fingerprint density at radius 3 is 1.09 bits per heavy atom. The molecule has 142 valence electrons. The molecule has 0 unspecified atom stereocenters. The predicted molar refractivity (Wildman–Crippen MR) is 99.4 cm³/mol. The summed E-state index contributed by atoms with van der Waals surface area (Å²) in [6.45, 7) is 17.0. The van der Waals surface area contributed by atoms with Crippen LogP contribution in [0, 0.1) is 0 Å². The van der Waals surface area contributed by atoms with Gasteiger partial charge in [0.15, 0.2) is 0 Å². The molecule has 0 spiro atoms. The lowest BCUT2D eigenvalue weighted by molar-refractivity contribution is -0.929. The second kappa shape index (κ2) is 18.5. The Morgan fingerprint density at radius 2 is 0.913 bits per heavy atom. The van der Waals surface area contributed by atoms with E-state index in [-0.39, 0.29) is 12.4 Å². The average Bonchev–Trinajstić information content (AvgIpc) is 3.13. The molecular weight excluding hydrogens is 306 g/mol. The highest BCUT2D eigenvalue weighted by Crippen LogP contribution is 2.16. The molecule has 0 N–H and O–H groups in total. The third kappa shape index (κ3) is 14.3. The Bertz CT molecular complexity index is 175. The van der Waals surface area contributed by atoms with Crippen LogP contribution in [0.3, 0.4) is 0 Å². The van der Waals surface area contributed by atoms with Crippen molar-refractivity contribution in [2.24, 2.45) is 0 Å². The van der Waals surface area contributed by atoms with Gasteiger partial charge in [-0.25, -0.2) is 0 Å². The average molecular weight is 350 g/mol. The summed E-state index contributed by atoms with van der Waals surface area (Å²) < 4.78 is 6.36. The van der Waals surface area contributed by atoms with E-state index >= 15 is 0 Å². The Labute approximate surface area is 153 Å². The van der Waals surface area contributed by atoms with Gasteiger partial charge in [-0.3, -0.25) is 0 Å². The van der Waals surface area contributed by atoms with Gasteiger partial charge in [-0.05, 0) is 38.5 Å². The highest BCUT2D eigenvalue weighted by Gasteiger charge is 2.24. The van der Waals surface area contributed by atoms with Gasteiger partial charge in [-0.2, -0.15) is 0 Å². The molecule has 0 aromatic heterocycles. The number of halogens is 1. The Hall–Kier alpha value is 0.210. The molecule has 1 heterocycles. The zero-order valence-corrected chi connectivity index (χ0v) is 17.3. The minimum atomic E-state index is 0. The van der Waals surface area contributed by atoms with Gasteiger partial charge in [0, 0.05) is 13.2 Å². The van der Waals surface area contributed by atoms with Gasteiger partial charge in [-0.15, -0.1) is 0 Å². The van der Waals surface area contributed by atoms with E-state index in [0.717, 1.165) is 13.2 Å². The Balaban J connectivity index is 0. The number of rotatable bonds is 12. The molecule has 2 nitrogen and oxygen atoms in total. The lowest BCUT2D eigenvalue weighted by atomic mass is 10.1. The number of quaternary nitrogens is 1. The zero-order chi connectivity index (χ0) is 16.5. The monoisotopic (exact) mass is 349 g/mol. The maximum atomic E-state index is 4.94. The van der Waals surface area contributed by atoms with Crippen LogP contribution < -0.4 is 12.4 Å². The molecule has 0 amide bonds. The van der Waals surface area contributed by atoms with E-state index in [2.05, 4.69) is 27.7 Å². The van der Waals surface area contributed by atoms with E-state index in [1.807, 2.05) is 0 Å². The molecule has 0 aliphatic carbocycles. The standard InChI is InChI=1S/C16H36N.C4H8O.ClH/c1-5-9-13-17(14-10-6-2,15-11-7-3)16-12-8-4;1-2-4-5-3-1;/h5-16H2,1-4H3;1-4H2;1H/q+1;;/p-1. The zero-order valence-electron chi connectivity index (χ0n) is 16.5. The SMILES string of the molecule is C1CCOC1.CCCC[N+](CCCC)(CCCC)CCCC.[Cl-]. The maximum absolute atomic E-state index is 4.94. The molecule has 0 radical (unpaired) electrons. The molecule has 1 aliphatic rings. The number of ether oxygens (including phenoxy) is 1. The van der Waals surface area contributed by atoms with Crippen LogP contribution in [0.5, 0.6) is 0 Å². The molecule has 3 heteroatoms. The molecule has 0 saturated carbocycles. The van der Waals surface area contributed by atoms with Gasteiger partial charge in [-0.1, -0.05) is 53.4 Å². The Kier molecular flexibility index (Phi) is 20.5. The first-order valence-corrected chi connectivity index (χ1v) is 10.2. The quantitative estimate of drug-likeness (QED) is 0.492. The molecule has 0 atom stereocenters. The highest BCUT2D eigenvalue weighted by molar-refractivity contribution is 4.49. The Morgan fingerprint density at radius 1 is 0.609 bits per heavy atom. The second-order valence-electron chi connectivity index (χ2n) is 6.97. The van der Waals surface area contributed by atoms with E-state index in [1.165, 1.54) is 94.9 Å². The van der Waals surface area contributed by atoms with Crippen molar-refractivity contribution in [3.8, 4) is 0 Å². The van der Waals surface area contributed by atoms with Crippen LogP contribution in [0.1, 0.15) is 91.9 Å². The fourth-order valence-corrected chi connectivity index (χ4v) is 3.16. The summed E-state index contributed by atoms with van der Waals surface area (Å²) in [7, 11) is 0. The van der Waals surface area contributed by atoms with Gasteiger partial charge in [0.05, 0.1) is 26.2 Å². The van der Waals surface area contributed by atoms with Crippen molar-refractivity contribution in [2.75, 3.05) is 39.4 Å². The minimum Gasteiger partial charge on any atom is -1.00 e. The van der Waals surface area contributed by atoms with Crippen LogP contribution in [0.2, 0.25) is 0 Å². The molecule has 1 saturated heterocycles. The summed E-state index contributed by atoms with van der Waals surface area (Å²) in [5, 5.41) is 0. The smallest absolute Gasteiger partial charge is 0.0786 e. The third-order valence-corrected chi connectivity index (χ3v) is 4.77. The van der Waals surface area contributed by atoms with Gasteiger partial charge in [0.1, 0.15) is 0 Å². The number of unbranched alkanes of at least 4 members (excludes halogenated alkanes) is 4. The van der Waals surface area contributed by atoms with Crippen molar-refractivity contribution in [1.29, 1.82) is 0 Å². The number of hydrogen-bond donors (Lipinski definition) is 0. The maximum Gasteiger partial charge on any atom is 0.0786 e. The molecule has 1 aliphatic heterocycles. The van der Waals surface area contributed by atoms with Crippen molar-refractivity contribution >= 4 is 0 Å². The summed E-state index contributed by atoms with van der Waals surface area (Å²) >= 11 is 0. The van der Waals surface area contributed by atoms with Gasteiger partial charge in [0.25, 0.3) is 0 Å². The number of hydrogen-bond acceptors (Lipinski definition) is 1. The first kappa shape index (κ1) is 25.5. The van der Waals surface area contributed by atoms with Crippen LogP contribution in [-0.2, 0) is 4.74 Å². The summed E-state index contributed by atoms with van der Waals surface area (Å²) in [6, 6.07) is 0.